The average Bonchev–Trinajstić information content (AvgIpc) is 2.58. The lowest BCUT2D eigenvalue weighted by Gasteiger charge is -2.12. The number of hydrogen-bond acceptors (Lipinski definition) is 4. The van der Waals surface area contributed by atoms with Crippen LogP contribution in [0.25, 0.3) is 0 Å². The van der Waals surface area contributed by atoms with Gasteiger partial charge in [0.25, 0.3) is 5.91 Å². The van der Waals surface area contributed by atoms with Crippen LogP contribution in [-0.2, 0) is 6.54 Å². The normalized spacial score (nSPS) is 10.2. The van der Waals surface area contributed by atoms with Crippen LogP contribution in [0.5, 0.6) is 11.6 Å². The molecule has 122 valence electrons. The molecule has 2 aromatic rings. The molecule has 1 aromatic carbocycles. The third-order valence-corrected chi connectivity index (χ3v) is 3.44. The van der Waals surface area contributed by atoms with Gasteiger partial charge in [-0.25, -0.2) is 4.98 Å². The SMILES string of the molecule is CCCOc1cccc(Cl)c1C(=O)NCc1ccc(OC)nc1. The highest BCUT2D eigenvalue weighted by Crippen LogP contribution is 2.26. The minimum Gasteiger partial charge on any atom is -0.493 e. The molecular formula is C17H19ClN2O3. The minimum atomic E-state index is -0.280. The van der Waals surface area contributed by atoms with E-state index in [1.807, 2.05) is 13.0 Å². The van der Waals surface area contributed by atoms with Gasteiger partial charge in [0, 0.05) is 18.8 Å². The topological polar surface area (TPSA) is 60.5 Å². The Morgan fingerprint density at radius 2 is 2.13 bits per heavy atom. The maximum absolute atomic E-state index is 12.4. The molecule has 23 heavy (non-hydrogen) atoms. The van der Waals surface area contributed by atoms with Crippen LogP contribution in [0.15, 0.2) is 36.5 Å². The Balaban J connectivity index is 2.07. The molecule has 2 rings (SSSR count). The molecule has 6 heteroatoms. The number of nitrogens with one attached hydrogen (secondary N) is 1. The molecule has 0 fully saturated rings. The number of aromatic nitrogens is 1. The van der Waals surface area contributed by atoms with Gasteiger partial charge in [0.05, 0.1) is 24.3 Å². The van der Waals surface area contributed by atoms with E-state index in [9.17, 15) is 4.79 Å². The van der Waals surface area contributed by atoms with Crippen molar-refractivity contribution in [2.75, 3.05) is 13.7 Å². The third kappa shape index (κ3) is 4.60. The Morgan fingerprint density at radius 3 is 2.78 bits per heavy atom. The van der Waals surface area contributed by atoms with Crippen molar-refractivity contribution < 1.29 is 14.3 Å². The Morgan fingerprint density at radius 1 is 1.30 bits per heavy atom. The van der Waals surface area contributed by atoms with Crippen LogP contribution in [0.2, 0.25) is 5.02 Å². The van der Waals surface area contributed by atoms with Crippen LogP contribution < -0.4 is 14.8 Å². The molecule has 0 unspecified atom stereocenters. The molecule has 0 atom stereocenters. The van der Waals surface area contributed by atoms with Gasteiger partial charge in [0.2, 0.25) is 5.88 Å². The second-order valence-corrected chi connectivity index (χ2v) is 5.26. The van der Waals surface area contributed by atoms with E-state index >= 15 is 0 Å². The first-order valence-electron chi connectivity index (χ1n) is 7.34. The van der Waals surface area contributed by atoms with Crippen molar-refractivity contribution >= 4 is 17.5 Å². The summed E-state index contributed by atoms with van der Waals surface area (Å²) in [6, 6.07) is 8.76. The molecule has 0 radical (unpaired) electrons. The monoisotopic (exact) mass is 334 g/mol. The van der Waals surface area contributed by atoms with Crippen molar-refractivity contribution in [3.05, 3.63) is 52.7 Å². The molecule has 0 aliphatic carbocycles. The fourth-order valence-corrected chi connectivity index (χ4v) is 2.22. The quantitative estimate of drug-likeness (QED) is 0.842. The molecular weight excluding hydrogens is 316 g/mol. The summed E-state index contributed by atoms with van der Waals surface area (Å²) >= 11 is 6.15. The molecule has 0 saturated heterocycles. The molecule has 0 aliphatic rings. The number of benzene rings is 1. The fraction of sp³-hybridized carbons (Fsp3) is 0.294. The van der Waals surface area contributed by atoms with Gasteiger partial charge in [-0.2, -0.15) is 0 Å². The Hall–Kier alpha value is -2.27. The highest BCUT2D eigenvalue weighted by Gasteiger charge is 2.16. The van der Waals surface area contributed by atoms with Crippen LogP contribution in [0.1, 0.15) is 29.3 Å². The largest absolute Gasteiger partial charge is 0.493 e. The van der Waals surface area contributed by atoms with E-state index < -0.39 is 0 Å². The minimum absolute atomic E-state index is 0.280. The first-order chi connectivity index (χ1) is 11.2. The van der Waals surface area contributed by atoms with Gasteiger partial charge < -0.3 is 14.8 Å². The van der Waals surface area contributed by atoms with Gasteiger partial charge >= 0.3 is 0 Å². The molecule has 0 aliphatic heterocycles. The van der Waals surface area contributed by atoms with Crippen molar-refractivity contribution in [3.63, 3.8) is 0 Å². The second-order valence-electron chi connectivity index (χ2n) is 4.85. The summed E-state index contributed by atoms with van der Waals surface area (Å²) in [6.07, 6.45) is 2.51. The van der Waals surface area contributed by atoms with E-state index in [0.29, 0.717) is 35.4 Å². The van der Waals surface area contributed by atoms with Crippen LogP contribution in [0.3, 0.4) is 0 Å². The fourth-order valence-electron chi connectivity index (χ4n) is 1.96. The zero-order chi connectivity index (χ0) is 16.7. The highest BCUT2D eigenvalue weighted by molar-refractivity contribution is 6.34. The number of carbonyl (C=O) groups is 1. The first-order valence-corrected chi connectivity index (χ1v) is 7.72. The van der Waals surface area contributed by atoms with Crippen molar-refractivity contribution in [1.82, 2.24) is 10.3 Å². The number of pyridine rings is 1. The van der Waals surface area contributed by atoms with E-state index in [1.54, 1.807) is 37.6 Å². The lowest BCUT2D eigenvalue weighted by Crippen LogP contribution is -2.24. The van der Waals surface area contributed by atoms with Gasteiger partial charge in [-0.1, -0.05) is 30.7 Å². The molecule has 5 nitrogen and oxygen atoms in total. The number of nitrogens with zero attached hydrogens (tertiary/aromatic N) is 1. The number of carbonyl (C=O) groups excluding carboxylic acids is 1. The Kier molecular flexibility index (Phi) is 6.23. The van der Waals surface area contributed by atoms with Crippen LogP contribution in [0, 0.1) is 0 Å². The van der Waals surface area contributed by atoms with Crippen molar-refractivity contribution in [1.29, 1.82) is 0 Å². The maximum Gasteiger partial charge on any atom is 0.256 e. The number of methoxy groups -OCH3 is 1. The van der Waals surface area contributed by atoms with Gasteiger partial charge in [0.15, 0.2) is 0 Å². The van der Waals surface area contributed by atoms with E-state index in [4.69, 9.17) is 21.1 Å². The lowest BCUT2D eigenvalue weighted by molar-refractivity contribution is 0.0947. The molecule has 1 amide bonds. The Labute approximate surface area is 140 Å². The maximum atomic E-state index is 12.4. The number of rotatable bonds is 7. The molecule has 0 spiro atoms. The molecule has 1 heterocycles. The summed E-state index contributed by atoms with van der Waals surface area (Å²) in [5, 5.41) is 3.19. The Bertz CT molecular complexity index is 659. The van der Waals surface area contributed by atoms with E-state index in [2.05, 4.69) is 10.3 Å². The predicted molar refractivity (Wildman–Crippen MR) is 89.2 cm³/mol. The average molecular weight is 335 g/mol. The lowest BCUT2D eigenvalue weighted by atomic mass is 10.1. The number of halogens is 1. The predicted octanol–water partition coefficient (Wildman–Crippen LogP) is 3.46. The van der Waals surface area contributed by atoms with Crippen molar-refractivity contribution in [2.24, 2.45) is 0 Å². The van der Waals surface area contributed by atoms with Crippen LogP contribution >= 0.6 is 11.6 Å². The molecule has 0 saturated carbocycles. The van der Waals surface area contributed by atoms with E-state index in [0.717, 1.165) is 12.0 Å². The smallest absolute Gasteiger partial charge is 0.256 e. The van der Waals surface area contributed by atoms with Gasteiger partial charge in [-0.05, 0) is 24.1 Å². The standard InChI is InChI=1S/C17H19ClN2O3/c1-3-9-23-14-6-4-5-13(18)16(14)17(21)20-11-12-7-8-15(22-2)19-10-12/h4-8,10H,3,9,11H2,1-2H3,(H,20,21). The zero-order valence-corrected chi connectivity index (χ0v) is 13.9. The second kappa shape index (κ2) is 8.39. The van der Waals surface area contributed by atoms with Crippen LogP contribution in [0.4, 0.5) is 0 Å². The summed E-state index contributed by atoms with van der Waals surface area (Å²) in [6.45, 7) is 2.87. The first kappa shape index (κ1) is 17.1. The zero-order valence-electron chi connectivity index (χ0n) is 13.1. The number of hydrogen-bond donors (Lipinski definition) is 1. The molecule has 1 N–H and O–H groups in total. The van der Waals surface area contributed by atoms with Crippen molar-refractivity contribution in [2.45, 2.75) is 19.9 Å². The number of ether oxygens (including phenoxy) is 2. The summed E-state index contributed by atoms with van der Waals surface area (Å²) in [4.78, 5) is 16.5. The summed E-state index contributed by atoms with van der Waals surface area (Å²) < 4.78 is 10.6. The van der Waals surface area contributed by atoms with Crippen LogP contribution in [-0.4, -0.2) is 24.6 Å². The summed E-state index contributed by atoms with van der Waals surface area (Å²) in [7, 11) is 1.55. The summed E-state index contributed by atoms with van der Waals surface area (Å²) in [5.74, 6) is 0.739. The van der Waals surface area contributed by atoms with Gasteiger partial charge in [0.1, 0.15) is 5.75 Å². The molecule has 1 aromatic heterocycles. The van der Waals surface area contributed by atoms with Gasteiger partial charge in [-0.3, -0.25) is 4.79 Å². The van der Waals surface area contributed by atoms with Crippen molar-refractivity contribution in [3.8, 4) is 11.6 Å². The summed E-state index contributed by atoms with van der Waals surface area (Å²) in [5.41, 5.74) is 1.21. The third-order valence-electron chi connectivity index (χ3n) is 3.12. The number of amides is 1. The highest BCUT2D eigenvalue weighted by atomic mass is 35.5. The molecule has 0 bridgehead atoms. The van der Waals surface area contributed by atoms with E-state index in [-0.39, 0.29) is 5.91 Å². The van der Waals surface area contributed by atoms with E-state index in [1.165, 1.54) is 0 Å². The van der Waals surface area contributed by atoms with Gasteiger partial charge in [-0.15, -0.1) is 0 Å².